The summed E-state index contributed by atoms with van der Waals surface area (Å²) in [6.45, 7) is 4.51. The number of methoxy groups -OCH3 is 1. The number of hydrogen-bond donors (Lipinski definition) is 1. The van der Waals surface area contributed by atoms with Crippen molar-refractivity contribution in [3.8, 4) is 22.8 Å². The second-order valence-corrected chi connectivity index (χ2v) is 8.82. The van der Waals surface area contributed by atoms with E-state index in [9.17, 15) is 4.79 Å². The zero-order chi connectivity index (χ0) is 22.5. The number of thiazole rings is 1. The average molecular weight is 447 g/mol. The monoisotopic (exact) mass is 446 g/mol. The molecular formula is C26H26N2O3S. The Kier molecular flexibility index (Phi) is 6.71. The number of fused-ring (bicyclic) bond motifs is 1. The minimum absolute atomic E-state index is 0.0571. The molecular weight excluding hydrogens is 420 g/mol. The van der Waals surface area contributed by atoms with Gasteiger partial charge < -0.3 is 14.8 Å². The molecule has 0 aliphatic carbocycles. The fraction of sp³-hybridized carbons (Fsp3) is 0.231. The van der Waals surface area contributed by atoms with E-state index in [1.807, 2.05) is 56.3 Å². The van der Waals surface area contributed by atoms with Crippen LogP contribution >= 0.6 is 11.3 Å². The zero-order valence-electron chi connectivity index (χ0n) is 18.5. The Balaban J connectivity index is 1.29. The molecule has 164 valence electrons. The summed E-state index contributed by atoms with van der Waals surface area (Å²) in [5.41, 5.74) is 2.95. The van der Waals surface area contributed by atoms with Crippen LogP contribution in [0, 0.1) is 13.8 Å². The van der Waals surface area contributed by atoms with Gasteiger partial charge in [0, 0.05) is 16.9 Å². The Morgan fingerprint density at radius 2 is 1.84 bits per heavy atom. The van der Waals surface area contributed by atoms with Gasteiger partial charge >= 0.3 is 0 Å². The lowest BCUT2D eigenvalue weighted by Gasteiger charge is -2.07. The quantitative estimate of drug-likeness (QED) is 0.319. The van der Waals surface area contributed by atoms with Crippen LogP contribution in [0.1, 0.15) is 23.3 Å². The van der Waals surface area contributed by atoms with Crippen LogP contribution in [0.5, 0.6) is 11.5 Å². The van der Waals surface area contributed by atoms with Crippen LogP contribution < -0.4 is 14.8 Å². The summed E-state index contributed by atoms with van der Waals surface area (Å²) in [4.78, 5) is 18.1. The molecule has 1 amide bonds. The van der Waals surface area contributed by atoms with Gasteiger partial charge in [-0.1, -0.05) is 30.3 Å². The molecule has 0 saturated carbocycles. The lowest BCUT2D eigenvalue weighted by atomic mass is 10.1. The smallest absolute Gasteiger partial charge is 0.226 e. The first kappa shape index (κ1) is 21.8. The maximum absolute atomic E-state index is 12.4. The van der Waals surface area contributed by atoms with Crippen LogP contribution in [0.3, 0.4) is 0 Å². The predicted octanol–water partition coefficient (Wildman–Crippen LogP) is 6.39. The molecule has 0 saturated heterocycles. The first-order valence-electron chi connectivity index (χ1n) is 10.6. The molecule has 1 heterocycles. The van der Waals surface area contributed by atoms with Crippen LogP contribution in [-0.4, -0.2) is 24.6 Å². The van der Waals surface area contributed by atoms with E-state index in [-0.39, 0.29) is 5.91 Å². The number of carbonyl (C=O) groups is 1. The normalized spacial score (nSPS) is 10.8. The number of ether oxygens (including phenoxy) is 2. The number of amides is 1. The molecule has 6 heteroatoms. The summed E-state index contributed by atoms with van der Waals surface area (Å²) in [7, 11) is 1.66. The number of carbonyl (C=O) groups excluding carboxylic acids is 1. The minimum atomic E-state index is -0.0571. The Hall–Kier alpha value is -3.38. The number of hydrogen-bond acceptors (Lipinski definition) is 5. The Bertz CT molecular complexity index is 1250. The second kappa shape index (κ2) is 9.83. The molecule has 4 aromatic rings. The van der Waals surface area contributed by atoms with Crippen molar-refractivity contribution in [3.05, 3.63) is 71.1 Å². The lowest BCUT2D eigenvalue weighted by molar-refractivity contribution is -0.116. The minimum Gasteiger partial charge on any atom is -0.496 e. The molecule has 1 N–H and O–H groups in total. The van der Waals surface area contributed by atoms with Crippen LogP contribution in [0.2, 0.25) is 0 Å². The van der Waals surface area contributed by atoms with Crippen molar-refractivity contribution >= 4 is 33.1 Å². The van der Waals surface area contributed by atoms with Gasteiger partial charge in [0.25, 0.3) is 0 Å². The summed E-state index contributed by atoms with van der Waals surface area (Å²) in [5.74, 6) is 1.61. The maximum Gasteiger partial charge on any atom is 0.226 e. The molecule has 0 aliphatic heterocycles. The number of benzene rings is 3. The van der Waals surface area contributed by atoms with Crippen molar-refractivity contribution in [2.24, 2.45) is 0 Å². The van der Waals surface area contributed by atoms with Crippen molar-refractivity contribution in [1.82, 2.24) is 4.98 Å². The third-order valence-electron chi connectivity index (χ3n) is 5.25. The van der Waals surface area contributed by atoms with Crippen LogP contribution in [-0.2, 0) is 4.79 Å². The van der Waals surface area contributed by atoms with E-state index in [2.05, 4.69) is 28.5 Å². The highest BCUT2D eigenvalue weighted by Gasteiger charge is 2.13. The fourth-order valence-corrected chi connectivity index (χ4v) is 4.46. The third kappa shape index (κ3) is 5.08. The van der Waals surface area contributed by atoms with Gasteiger partial charge in [0.15, 0.2) is 5.13 Å². The SMILES string of the molecule is COc1ccc(-c2nc(NC(=O)CCCOc3ccc4ccccc4c3)sc2C)cc1C. The lowest BCUT2D eigenvalue weighted by Crippen LogP contribution is -2.12. The van der Waals surface area contributed by atoms with E-state index < -0.39 is 0 Å². The zero-order valence-corrected chi connectivity index (χ0v) is 19.3. The van der Waals surface area contributed by atoms with Gasteiger partial charge in [-0.15, -0.1) is 11.3 Å². The van der Waals surface area contributed by atoms with E-state index in [1.165, 1.54) is 16.7 Å². The fourth-order valence-electron chi connectivity index (χ4n) is 3.61. The van der Waals surface area contributed by atoms with Gasteiger partial charge in [0.2, 0.25) is 5.91 Å². The summed E-state index contributed by atoms with van der Waals surface area (Å²) < 4.78 is 11.2. The molecule has 0 fully saturated rings. The molecule has 0 aliphatic rings. The first-order chi connectivity index (χ1) is 15.5. The predicted molar refractivity (Wildman–Crippen MR) is 131 cm³/mol. The molecule has 0 atom stereocenters. The van der Waals surface area contributed by atoms with Crippen molar-refractivity contribution < 1.29 is 14.3 Å². The molecule has 5 nitrogen and oxygen atoms in total. The van der Waals surface area contributed by atoms with Gasteiger partial charge in [-0.3, -0.25) is 4.79 Å². The standard InChI is InChI=1S/C26H26N2O3S/c1-17-15-21(11-13-23(17)30-3)25-18(2)32-26(28-25)27-24(29)9-6-14-31-22-12-10-19-7-4-5-8-20(19)16-22/h4-5,7-8,10-13,15-16H,6,9,14H2,1-3H3,(H,27,28,29). The van der Waals surface area contributed by atoms with E-state index in [0.717, 1.165) is 38.6 Å². The highest BCUT2D eigenvalue weighted by Crippen LogP contribution is 2.32. The molecule has 0 unspecified atom stereocenters. The number of anilines is 1. The average Bonchev–Trinajstić information content (AvgIpc) is 3.16. The molecule has 3 aromatic carbocycles. The molecule has 0 radical (unpaired) electrons. The first-order valence-corrected chi connectivity index (χ1v) is 11.4. The summed E-state index contributed by atoms with van der Waals surface area (Å²) >= 11 is 1.48. The number of aromatic nitrogens is 1. The Labute approximate surface area is 192 Å². The molecule has 1 aromatic heterocycles. The van der Waals surface area contributed by atoms with Crippen molar-refractivity contribution in [2.45, 2.75) is 26.7 Å². The molecule has 32 heavy (non-hydrogen) atoms. The summed E-state index contributed by atoms with van der Waals surface area (Å²) in [6.07, 6.45) is 1.01. The summed E-state index contributed by atoms with van der Waals surface area (Å²) in [6, 6.07) is 20.2. The Morgan fingerprint density at radius 3 is 2.62 bits per heavy atom. The molecule has 0 spiro atoms. The number of aryl methyl sites for hydroxylation is 2. The van der Waals surface area contributed by atoms with Gasteiger partial charge in [-0.05, 0) is 66.9 Å². The second-order valence-electron chi connectivity index (χ2n) is 7.62. The van der Waals surface area contributed by atoms with Crippen LogP contribution in [0.25, 0.3) is 22.0 Å². The van der Waals surface area contributed by atoms with Crippen LogP contribution in [0.4, 0.5) is 5.13 Å². The van der Waals surface area contributed by atoms with E-state index in [1.54, 1.807) is 7.11 Å². The highest BCUT2D eigenvalue weighted by molar-refractivity contribution is 7.16. The van der Waals surface area contributed by atoms with Gasteiger partial charge in [-0.25, -0.2) is 4.98 Å². The highest BCUT2D eigenvalue weighted by atomic mass is 32.1. The maximum atomic E-state index is 12.4. The van der Waals surface area contributed by atoms with E-state index >= 15 is 0 Å². The summed E-state index contributed by atoms with van der Waals surface area (Å²) in [5, 5.41) is 5.86. The van der Waals surface area contributed by atoms with Gasteiger partial charge in [0.1, 0.15) is 11.5 Å². The number of rotatable bonds is 8. The largest absolute Gasteiger partial charge is 0.496 e. The topological polar surface area (TPSA) is 60.5 Å². The van der Waals surface area contributed by atoms with Crippen molar-refractivity contribution in [1.29, 1.82) is 0 Å². The van der Waals surface area contributed by atoms with Gasteiger partial charge in [0.05, 0.1) is 19.4 Å². The third-order valence-corrected chi connectivity index (χ3v) is 6.14. The van der Waals surface area contributed by atoms with Crippen LogP contribution in [0.15, 0.2) is 60.7 Å². The number of nitrogens with zero attached hydrogens (tertiary/aromatic N) is 1. The van der Waals surface area contributed by atoms with Crippen molar-refractivity contribution in [2.75, 3.05) is 19.0 Å². The number of nitrogens with one attached hydrogen (secondary N) is 1. The van der Waals surface area contributed by atoms with E-state index in [0.29, 0.717) is 24.6 Å². The molecule has 0 bridgehead atoms. The van der Waals surface area contributed by atoms with Crippen molar-refractivity contribution in [3.63, 3.8) is 0 Å². The van der Waals surface area contributed by atoms with Gasteiger partial charge in [-0.2, -0.15) is 0 Å². The van der Waals surface area contributed by atoms with E-state index in [4.69, 9.17) is 9.47 Å². The Morgan fingerprint density at radius 1 is 1.03 bits per heavy atom. The molecule has 4 rings (SSSR count).